The van der Waals surface area contributed by atoms with E-state index in [9.17, 15) is 32.3 Å². The Bertz CT molecular complexity index is 1880. The number of rotatable bonds is 10. The summed E-state index contributed by atoms with van der Waals surface area (Å²) in [6.45, 7) is 10.7. The fraction of sp³-hybridized carbons (Fsp3) is 0.564. The number of nitrogens with one attached hydrogen (secondary N) is 2. The molecule has 1 aromatic heterocycles. The van der Waals surface area contributed by atoms with Gasteiger partial charge in [-0.15, -0.1) is 0 Å². The normalized spacial score (nSPS) is 26.3. The van der Waals surface area contributed by atoms with Crippen molar-refractivity contribution in [1.82, 2.24) is 25.0 Å². The van der Waals surface area contributed by atoms with Gasteiger partial charge in [0.05, 0.1) is 42.6 Å². The van der Waals surface area contributed by atoms with Crippen molar-refractivity contribution in [2.45, 2.75) is 108 Å². The molecule has 3 aliphatic heterocycles. The van der Waals surface area contributed by atoms with E-state index in [0.717, 1.165) is 55.2 Å². The molecule has 13 nitrogen and oxygen atoms in total. The van der Waals surface area contributed by atoms with Crippen molar-refractivity contribution >= 4 is 52.3 Å². The minimum atomic E-state index is -4.82. The van der Waals surface area contributed by atoms with Crippen molar-refractivity contribution < 1.29 is 37.1 Å². The third-order valence-electron chi connectivity index (χ3n) is 11.4. The molecular formula is C39H47F3N8O5S. The number of hydrogen-bond acceptors (Lipinski definition) is 10. The van der Waals surface area contributed by atoms with Gasteiger partial charge in [-0.25, -0.2) is 4.98 Å². The topological polar surface area (TPSA) is 151 Å². The Kier molecular flexibility index (Phi) is 12.1. The number of alkyl halides is 3. The van der Waals surface area contributed by atoms with E-state index < -0.39 is 28.9 Å². The molecule has 1 unspecified atom stereocenters. The summed E-state index contributed by atoms with van der Waals surface area (Å²) < 4.78 is 47.4. The predicted molar refractivity (Wildman–Crippen MR) is 204 cm³/mol. The number of halogens is 3. The zero-order valence-corrected chi connectivity index (χ0v) is 32.7. The van der Waals surface area contributed by atoms with Crippen LogP contribution in [0.2, 0.25) is 0 Å². The Morgan fingerprint density at radius 3 is 2.34 bits per heavy atom. The minimum absolute atomic E-state index is 0.0207. The monoisotopic (exact) mass is 796 g/mol. The number of piperidine rings is 1. The quantitative estimate of drug-likeness (QED) is 0.257. The summed E-state index contributed by atoms with van der Waals surface area (Å²) in [5, 5.41) is 14.6. The molecule has 1 saturated carbocycles. The van der Waals surface area contributed by atoms with Gasteiger partial charge in [-0.1, -0.05) is 12.1 Å². The Morgan fingerprint density at radius 1 is 1.07 bits per heavy atom. The fourth-order valence-electron chi connectivity index (χ4n) is 8.49. The number of benzene rings is 1. The third-order valence-corrected chi connectivity index (χ3v) is 11.8. The van der Waals surface area contributed by atoms with E-state index in [1.54, 1.807) is 26.0 Å². The second-order valence-electron chi connectivity index (χ2n) is 15.7. The number of carbonyl (C=O) groups excluding carboxylic acids is 4. The van der Waals surface area contributed by atoms with Crippen molar-refractivity contribution in [3.05, 3.63) is 53.3 Å². The van der Waals surface area contributed by atoms with Gasteiger partial charge in [0.2, 0.25) is 17.7 Å². The molecule has 56 heavy (non-hydrogen) atoms. The van der Waals surface area contributed by atoms with E-state index in [4.69, 9.17) is 22.2 Å². The zero-order valence-electron chi connectivity index (χ0n) is 31.9. The molecule has 4 aliphatic rings. The second-order valence-corrected chi connectivity index (χ2v) is 16.0. The van der Waals surface area contributed by atoms with Crippen molar-refractivity contribution in [2.24, 2.45) is 0 Å². The number of nitriles is 1. The first-order chi connectivity index (χ1) is 26.5. The van der Waals surface area contributed by atoms with Crippen LogP contribution >= 0.6 is 12.2 Å². The molecule has 0 bridgehead atoms. The predicted octanol–water partition coefficient (Wildman–Crippen LogP) is 4.57. The molecule has 2 N–H and O–H groups in total. The number of piperazine rings is 1. The summed E-state index contributed by atoms with van der Waals surface area (Å²) in [5.41, 5.74) is -1.76. The average molecular weight is 797 g/mol. The number of thiocarbonyl (C=S) groups is 1. The van der Waals surface area contributed by atoms with E-state index in [-0.39, 0.29) is 65.2 Å². The SMILES string of the molecule is C[C@@H]1CN(CCOC2CCC(N3C(=S)N(c4cnc(C#N)c(C(F)(F)F)c4)C(=O)C3(C)C)CC2)C[C@H](C)N1CC(=O)Nc1ccc(C2CCC(=O)NC2=O)cc1. The van der Waals surface area contributed by atoms with Gasteiger partial charge in [-0.2, -0.15) is 18.4 Å². The van der Waals surface area contributed by atoms with Crippen LogP contribution in [0.5, 0.6) is 0 Å². The van der Waals surface area contributed by atoms with Crippen LogP contribution in [0.4, 0.5) is 24.5 Å². The first-order valence-electron chi connectivity index (χ1n) is 19.0. The molecule has 4 amide bonds. The summed E-state index contributed by atoms with van der Waals surface area (Å²) in [6.07, 6.45) is -0.106. The zero-order chi connectivity index (χ0) is 40.5. The van der Waals surface area contributed by atoms with Gasteiger partial charge in [0.1, 0.15) is 11.6 Å². The molecular weight excluding hydrogens is 750 g/mol. The number of anilines is 2. The summed E-state index contributed by atoms with van der Waals surface area (Å²) >= 11 is 5.71. The molecule has 4 heterocycles. The molecule has 17 heteroatoms. The van der Waals surface area contributed by atoms with Gasteiger partial charge < -0.3 is 15.0 Å². The molecule has 1 aromatic carbocycles. The number of carbonyl (C=O) groups is 4. The summed E-state index contributed by atoms with van der Waals surface area (Å²) in [7, 11) is 0. The number of nitrogens with zero attached hydrogens (tertiary/aromatic N) is 6. The van der Waals surface area contributed by atoms with Crippen molar-refractivity contribution in [2.75, 3.05) is 43.0 Å². The Hall–Kier alpha value is -4.50. The standard InChI is InChI=1S/C39H47F3N8O5S/c1-23-20-47(21-24(2)48(23)22-34(52)45-26-7-5-25(6-8-26)30-13-14-33(51)46-35(30)53)15-16-55-29-11-9-27(10-12-29)50-37(56)49(36(54)38(50,3)4)28-17-31(39(40,41)42)32(18-43)44-19-28/h5-8,17,19,23-24,27,29-30H,9-16,20-22H2,1-4H3,(H,45,52)(H,46,51,53)/t23-,24+,27?,29?,30?. The molecule has 0 radical (unpaired) electrons. The number of imide groups is 1. The van der Waals surface area contributed by atoms with Crippen molar-refractivity contribution in [1.29, 1.82) is 5.26 Å². The molecule has 300 valence electrons. The lowest BCUT2D eigenvalue weighted by atomic mass is 9.89. The fourth-order valence-corrected chi connectivity index (χ4v) is 9.05. The third kappa shape index (κ3) is 8.73. The summed E-state index contributed by atoms with van der Waals surface area (Å²) in [5.74, 6) is -1.51. The summed E-state index contributed by atoms with van der Waals surface area (Å²) in [4.78, 5) is 61.4. The van der Waals surface area contributed by atoms with Gasteiger partial charge in [-0.05, 0) is 95.8 Å². The van der Waals surface area contributed by atoms with E-state index in [1.807, 2.05) is 17.0 Å². The maximum atomic E-state index is 13.7. The lowest BCUT2D eigenvalue weighted by Crippen LogP contribution is -2.58. The van der Waals surface area contributed by atoms with Gasteiger partial charge in [0, 0.05) is 49.9 Å². The number of hydrogen-bond donors (Lipinski definition) is 2. The van der Waals surface area contributed by atoms with Crippen molar-refractivity contribution in [3.63, 3.8) is 0 Å². The molecule has 6 rings (SSSR count). The molecule has 2 aromatic rings. The highest BCUT2D eigenvalue weighted by Crippen LogP contribution is 2.40. The Labute approximate surface area is 329 Å². The van der Waals surface area contributed by atoms with E-state index >= 15 is 0 Å². The first kappa shape index (κ1) is 41.1. The van der Waals surface area contributed by atoms with Gasteiger partial charge >= 0.3 is 6.18 Å². The first-order valence-corrected chi connectivity index (χ1v) is 19.4. The van der Waals surface area contributed by atoms with Crippen LogP contribution in [-0.2, 0) is 30.1 Å². The van der Waals surface area contributed by atoms with Crippen LogP contribution < -0.4 is 15.5 Å². The lowest BCUT2D eigenvalue weighted by Gasteiger charge is -2.44. The van der Waals surface area contributed by atoms with Crippen LogP contribution in [0.15, 0.2) is 36.5 Å². The molecule has 1 aliphatic carbocycles. The van der Waals surface area contributed by atoms with Crippen molar-refractivity contribution in [3.8, 4) is 6.07 Å². The van der Waals surface area contributed by atoms with Crippen LogP contribution in [-0.4, -0.2) is 111 Å². The minimum Gasteiger partial charge on any atom is -0.377 e. The smallest absolute Gasteiger partial charge is 0.377 e. The Balaban J connectivity index is 0.942. The Morgan fingerprint density at radius 2 is 1.73 bits per heavy atom. The maximum absolute atomic E-state index is 13.7. The number of aromatic nitrogens is 1. The second kappa shape index (κ2) is 16.5. The van der Waals surface area contributed by atoms with Crippen LogP contribution in [0.1, 0.15) is 89.0 Å². The van der Waals surface area contributed by atoms with Crippen LogP contribution in [0, 0.1) is 11.3 Å². The van der Waals surface area contributed by atoms with Gasteiger partial charge in [-0.3, -0.25) is 39.2 Å². The van der Waals surface area contributed by atoms with E-state index in [0.29, 0.717) is 38.0 Å². The number of ether oxygens (including phenoxy) is 1. The molecule has 3 atom stereocenters. The van der Waals surface area contributed by atoms with Gasteiger partial charge in [0.25, 0.3) is 5.91 Å². The number of amides is 4. The molecule has 3 saturated heterocycles. The van der Waals surface area contributed by atoms with Crippen LogP contribution in [0.3, 0.4) is 0 Å². The summed E-state index contributed by atoms with van der Waals surface area (Å²) in [6, 6.07) is 9.55. The largest absolute Gasteiger partial charge is 0.419 e. The number of pyridine rings is 1. The highest BCUT2D eigenvalue weighted by Gasteiger charge is 2.53. The lowest BCUT2D eigenvalue weighted by molar-refractivity contribution is -0.138. The maximum Gasteiger partial charge on any atom is 0.419 e. The van der Waals surface area contributed by atoms with E-state index in [1.165, 1.54) is 6.07 Å². The van der Waals surface area contributed by atoms with Crippen LogP contribution in [0.25, 0.3) is 0 Å². The molecule has 4 fully saturated rings. The highest BCUT2D eigenvalue weighted by atomic mass is 32.1. The van der Waals surface area contributed by atoms with Gasteiger partial charge in [0.15, 0.2) is 10.8 Å². The highest BCUT2D eigenvalue weighted by molar-refractivity contribution is 7.80. The van der Waals surface area contributed by atoms with E-state index in [2.05, 4.69) is 39.3 Å². The average Bonchev–Trinajstić information content (AvgIpc) is 3.32. The molecule has 0 spiro atoms.